The minimum atomic E-state index is -3.14. The fraction of sp³-hybridized carbons (Fsp3) is 0.571. The van der Waals surface area contributed by atoms with Crippen LogP contribution >= 0.6 is 0 Å². The molecule has 29 heavy (non-hydrogen) atoms. The van der Waals surface area contributed by atoms with Crippen molar-refractivity contribution in [2.75, 3.05) is 11.5 Å². The molecule has 1 aromatic carbocycles. The van der Waals surface area contributed by atoms with Crippen molar-refractivity contribution >= 4 is 27.4 Å². The van der Waals surface area contributed by atoms with Crippen molar-refractivity contribution < 1.29 is 18.0 Å². The molecule has 2 aliphatic heterocycles. The standard InChI is InChI=1S/C21H29N3O4S/c1-14(2)12-16-4-6-17(7-5-16)15(3)22-21(26)19-8-9-20(25)24(23-19)18-10-11-29(27,28)13-18/h4-7,14-15,18H,8-13H2,1-3H3,(H,22,26). The molecule has 1 aromatic rings. The molecule has 8 heteroatoms. The average molecular weight is 420 g/mol. The first-order chi connectivity index (χ1) is 13.6. The Kier molecular flexibility index (Phi) is 6.41. The number of benzene rings is 1. The Morgan fingerprint density at radius 1 is 1.21 bits per heavy atom. The molecule has 2 aliphatic rings. The van der Waals surface area contributed by atoms with Gasteiger partial charge in [-0.1, -0.05) is 38.1 Å². The number of nitrogens with one attached hydrogen (secondary N) is 1. The van der Waals surface area contributed by atoms with Crippen LogP contribution in [0.4, 0.5) is 0 Å². The van der Waals surface area contributed by atoms with Gasteiger partial charge in [-0.15, -0.1) is 0 Å². The summed E-state index contributed by atoms with van der Waals surface area (Å²) in [5, 5.41) is 8.39. The number of hydrazone groups is 1. The van der Waals surface area contributed by atoms with E-state index in [0.29, 0.717) is 12.3 Å². The lowest BCUT2D eigenvalue weighted by atomic mass is 10.00. The molecule has 0 radical (unpaired) electrons. The van der Waals surface area contributed by atoms with Crippen LogP contribution in [-0.4, -0.2) is 48.5 Å². The molecule has 2 amide bonds. The van der Waals surface area contributed by atoms with Gasteiger partial charge in [0.15, 0.2) is 9.84 Å². The molecule has 1 fully saturated rings. The highest BCUT2D eigenvalue weighted by Crippen LogP contribution is 2.22. The van der Waals surface area contributed by atoms with Gasteiger partial charge in [-0.3, -0.25) is 9.59 Å². The van der Waals surface area contributed by atoms with Crippen molar-refractivity contribution in [2.24, 2.45) is 11.0 Å². The Morgan fingerprint density at radius 3 is 2.48 bits per heavy atom. The van der Waals surface area contributed by atoms with Crippen LogP contribution in [0.15, 0.2) is 29.4 Å². The Labute approximate surface area is 172 Å². The number of carbonyl (C=O) groups is 2. The Balaban J connectivity index is 1.66. The molecule has 158 valence electrons. The Bertz CT molecular complexity index is 906. The predicted molar refractivity (Wildman–Crippen MR) is 112 cm³/mol. The van der Waals surface area contributed by atoms with Gasteiger partial charge >= 0.3 is 0 Å². The maximum absolute atomic E-state index is 12.7. The van der Waals surface area contributed by atoms with Gasteiger partial charge in [0.1, 0.15) is 5.71 Å². The molecular weight excluding hydrogens is 390 g/mol. The van der Waals surface area contributed by atoms with Crippen molar-refractivity contribution in [3.8, 4) is 0 Å². The highest BCUT2D eigenvalue weighted by Gasteiger charge is 2.37. The van der Waals surface area contributed by atoms with Crippen LogP contribution in [-0.2, 0) is 25.8 Å². The van der Waals surface area contributed by atoms with Gasteiger partial charge in [0.05, 0.1) is 23.6 Å². The van der Waals surface area contributed by atoms with E-state index in [1.54, 1.807) is 0 Å². The van der Waals surface area contributed by atoms with Crippen molar-refractivity contribution in [3.63, 3.8) is 0 Å². The molecule has 3 rings (SSSR count). The second kappa shape index (κ2) is 8.65. The minimum absolute atomic E-state index is 0.0579. The minimum Gasteiger partial charge on any atom is -0.344 e. The smallest absolute Gasteiger partial charge is 0.267 e. The zero-order chi connectivity index (χ0) is 21.2. The number of hydrogen-bond donors (Lipinski definition) is 1. The Hall–Kier alpha value is -2.22. The molecule has 0 bridgehead atoms. The van der Waals surface area contributed by atoms with Crippen molar-refractivity contribution in [1.82, 2.24) is 10.3 Å². The SMILES string of the molecule is CC(C)Cc1ccc(C(C)NC(=O)C2=NN(C3CCS(=O)(=O)C3)C(=O)CC2)cc1. The zero-order valence-corrected chi connectivity index (χ0v) is 18.0. The van der Waals surface area contributed by atoms with E-state index in [2.05, 4.69) is 36.4 Å². The summed E-state index contributed by atoms with van der Waals surface area (Å²) in [5.74, 6) is 0.0147. The lowest BCUT2D eigenvalue weighted by Gasteiger charge is -2.28. The van der Waals surface area contributed by atoms with E-state index < -0.39 is 15.9 Å². The van der Waals surface area contributed by atoms with Gasteiger partial charge in [0.2, 0.25) is 5.91 Å². The molecule has 0 saturated carbocycles. The summed E-state index contributed by atoms with van der Waals surface area (Å²) in [4.78, 5) is 24.9. The third-order valence-electron chi connectivity index (χ3n) is 5.35. The third kappa shape index (κ3) is 5.44. The first-order valence-corrected chi connectivity index (χ1v) is 12.0. The number of hydrogen-bond acceptors (Lipinski definition) is 5. The summed E-state index contributed by atoms with van der Waals surface area (Å²) in [6.45, 7) is 6.26. The summed E-state index contributed by atoms with van der Waals surface area (Å²) in [7, 11) is -3.14. The van der Waals surface area contributed by atoms with Gasteiger partial charge in [0.25, 0.3) is 5.91 Å². The summed E-state index contributed by atoms with van der Waals surface area (Å²) < 4.78 is 23.5. The molecule has 2 unspecified atom stereocenters. The predicted octanol–water partition coefficient (Wildman–Crippen LogP) is 2.23. The normalized spacial score (nSPS) is 22.5. The summed E-state index contributed by atoms with van der Waals surface area (Å²) >= 11 is 0. The first kappa shape index (κ1) is 21.5. The first-order valence-electron chi connectivity index (χ1n) is 10.1. The quantitative estimate of drug-likeness (QED) is 0.765. The van der Waals surface area contributed by atoms with Crippen molar-refractivity contribution in [2.45, 2.75) is 58.5 Å². The number of carbonyl (C=O) groups excluding carboxylic acids is 2. The monoisotopic (exact) mass is 419 g/mol. The fourth-order valence-corrected chi connectivity index (χ4v) is 5.46. The maximum Gasteiger partial charge on any atom is 0.267 e. The molecule has 2 heterocycles. The van der Waals surface area contributed by atoms with Crippen molar-refractivity contribution in [1.29, 1.82) is 0 Å². The van der Waals surface area contributed by atoms with Crippen LogP contribution in [0, 0.1) is 5.92 Å². The molecule has 7 nitrogen and oxygen atoms in total. The van der Waals surface area contributed by atoms with Gasteiger partial charge in [0, 0.05) is 12.8 Å². The molecule has 2 atom stereocenters. The highest BCUT2D eigenvalue weighted by molar-refractivity contribution is 7.91. The highest BCUT2D eigenvalue weighted by atomic mass is 32.2. The maximum atomic E-state index is 12.7. The van der Waals surface area contributed by atoms with E-state index in [1.165, 1.54) is 10.6 Å². The van der Waals surface area contributed by atoms with Gasteiger partial charge in [-0.05, 0) is 36.8 Å². The number of nitrogens with zero attached hydrogens (tertiary/aromatic N) is 2. The average Bonchev–Trinajstić information content (AvgIpc) is 3.01. The van der Waals surface area contributed by atoms with E-state index in [0.717, 1.165) is 12.0 Å². The van der Waals surface area contributed by atoms with Crippen LogP contribution < -0.4 is 5.32 Å². The second-order valence-corrected chi connectivity index (χ2v) is 10.6. The van der Waals surface area contributed by atoms with Gasteiger partial charge in [-0.25, -0.2) is 13.4 Å². The molecule has 1 N–H and O–H groups in total. The molecular formula is C21H29N3O4S. The van der Waals surface area contributed by atoms with E-state index >= 15 is 0 Å². The van der Waals surface area contributed by atoms with E-state index in [9.17, 15) is 18.0 Å². The van der Waals surface area contributed by atoms with Gasteiger partial charge < -0.3 is 5.32 Å². The van der Waals surface area contributed by atoms with Gasteiger partial charge in [-0.2, -0.15) is 5.10 Å². The van der Waals surface area contributed by atoms with Crippen LogP contribution in [0.5, 0.6) is 0 Å². The number of sulfone groups is 1. The number of amides is 2. The summed E-state index contributed by atoms with van der Waals surface area (Å²) in [5.41, 5.74) is 2.54. The van der Waals surface area contributed by atoms with E-state index in [-0.39, 0.29) is 47.9 Å². The molecule has 0 aliphatic carbocycles. The van der Waals surface area contributed by atoms with Crippen molar-refractivity contribution in [3.05, 3.63) is 35.4 Å². The van der Waals surface area contributed by atoms with Crippen LogP contribution in [0.1, 0.15) is 57.2 Å². The topological polar surface area (TPSA) is 95.9 Å². The molecule has 0 spiro atoms. The summed E-state index contributed by atoms with van der Waals surface area (Å²) in [6.07, 6.45) is 1.81. The second-order valence-electron chi connectivity index (χ2n) is 8.38. The molecule has 0 aromatic heterocycles. The van der Waals surface area contributed by atoms with E-state index in [4.69, 9.17) is 0 Å². The van der Waals surface area contributed by atoms with Crippen LogP contribution in [0.2, 0.25) is 0 Å². The molecule has 1 saturated heterocycles. The number of rotatable bonds is 6. The van der Waals surface area contributed by atoms with E-state index in [1.807, 2.05) is 19.1 Å². The van der Waals surface area contributed by atoms with Crippen LogP contribution in [0.3, 0.4) is 0 Å². The largest absolute Gasteiger partial charge is 0.344 e. The lowest BCUT2D eigenvalue weighted by Crippen LogP contribution is -2.44. The zero-order valence-electron chi connectivity index (χ0n) is 17.2. The lowest BCUT2D eigenvalue weighted by molar-refractivity contribution is -0.133. The van der Waals surface area contributed by atoms with Crippen LogP contribution in [0.25, 0.3) is 0 Å². The Morgan fingerprint density at radius 2 is 1.90 bits per heavy atom. The third-order valence-corrected chi connectivity index (χ3v) is 7.10. The fourth-order valence-electron chi connectivity index (χ4n) is 3.77. The summed E-state index contributed by atoms with van der Waals surface area (Å²) in [6, 6.07) is 7.53.